The van der Waals surface area contributed by atoms with Crippen LogP contribution in [0.5, 0.6) is 0 Å². The number of hydrogen-bond donors (Lipinski definition) is 1. The van der Waals surface area contributed by atoms with E-state index in [1.807, 2.05) is 38.1 Å². The molecule has 1 heterocycles. The minimum absolute atomic E-state index is 0.0120. The van der Waals surface area contributed by atoms with Gasteiger partial charge in [-0.1, -0.05) is 29.8 Å². The first-order valence-electron chi connectivity index (χ1n) is 9.32. The molecule has 1 N–H and O–H groups in total. The van der Waals surface area contributed by atoms with E-state index in [0.717, 1.165) is 16.7 Å². The Morgan fingerprint density at radius 1 is 1.15 bits per heavy atom. The maximum absolute atomic E-state index is 13.6. The number of Topliss-reactive ketones (excluding diaryl/α,β-unsaturated/α-hetero) is 1. The molecule has 1 amide bonds. The molecule has 3 rings (SSSR count). The number of aryl methyl sites for hydroxylation is 2. The van der Waals surface area contributed by atoms with Gasteiger partial charge in [0.15, 0.2) is 5.78 Å². The zero-order valence-electron chi connectivity index (χ0n) is 15.8. The van der Waals surface area contributed by atoms with Crippen molar-refractivity contribution in [3.05, 3.63) is 70.5 Å². The average molecular weight is 368 g/mol. The van der Waals surface area contributed by atoms with Crippen molar-refractivity contribution in [1.82, 2.24) is 10.2 Å². The number of benzene rings is 2. The first-order valence-corrected chi connectivity index (χ1v) is 9.32. The summed E-state index contributed by atoms with van der Waals surface area (Å²) in [6.45, 7) is 5.69. The monoisotopic (exact) mass is 368 g/mol. The number of hydrogen-bond acceptors (Lipinski definition) is 3. The van der Waals surface area contributed by atoms with Crippen molar-refractivity contribution in [2.45, 2.75) is 32.7 Å². The fourth-order valence-electron chi connectivity index (χ4n) is 3.55. The molecule has 2 aromatic carbocycles. The van der Waals surface area contributed by atoms with Crippen molar-refractivity contribution in [1.29, 1.82) is 0 Å². The Bertz CT molecular complexity index is 850. The molecule has 0 aromatic heterocycles. The molecule has 0 bridgehead atoms. The fraction of sp³-hybridized carbons (Fsp3) is 0.364. The van der Waals surface area contributed by atoms with Crippen LogP contribution in [0.4, 0.5) is 4.39 Å². The van der Waals surface area contributed by atoms with Crippen LogP contribution in [0.1, 0.15) is 45.9 Å². The zero-order valence-corrected chi connectivity index (χ0v) is 15.8. The smallest absolute Gasteiger partial charge is 0.223 e. The van der Waals surface area contributed by atoms with Crippen molar-refractivity contribution in [2.75, 3.05) is 19.6 Å². The molecule has 5 heteroatoms. The summed E-state index contributed by atoms with van der Waals surface area (Å²) < 4.78 is 13.6. The minimum atomic E-state index is -0.310. The Morgan fingerprint density at radius 3 is 2.74 bits per heavy atom. The van der Waals surface area contributed by atoms with Crippen LogP contribution in [0, 0.1) is 19.7 Å². The van der Waals surface area contributed by atoms with Gasteiger partial charge in [0, 0.05) is 38.0 Å². The van der Waals surface area contributed by atoms with Crippen molar-refractivity contribution in [3.8, 4) is 0 Å². The number of rotatable bonds is 5. The van der Waals surface area contributed by atoms with Crippen LogP contribution in [-0.2, 0) is 4.79 Å². The summed E-state index contributed by atoms with van der Waals surface area (Å²) in [7, 11) is 0. The van der Waals surface area contributed by atoms with E-state index in [2.05, 4.69) is 5.32 Å². The summed E-state index contributed by atoms with van der Waals surface area (Å²) in [6, 6.07) is 11.9. The van der Waals surface area contributed by atoms with Crippen molar-refractivity contribution in [2.24, 2.45) is 0 Å². The molecule has 1 unspecified atom stereocenters. The van der Waals surface area contributed by atoms with E-state index in [1.54, 1.807) is 11.0 Å². The Morgan fingerprint density at radius 2 is 1.96 bits per heavy atom. The van der Waals surface area contributed by atoms with Gasteiger partial charge in [-0.2, -0.15) is 0 Å². The molecular formula is C22H25FN2O2. The third kappa shape index (κ3) is 4.61. The number of nitrogens with one attached hydrogen (secondary N) is 1. The summed E-state index contributed by atoms with van der Waals surface area (Å²) in [5.74, 6) is -0.387. The predicted molar refractivity (Wildman–Crippen MR) is 103 cm³/mol. The minimum Gasteiger partial charge on any atom is -0.333 e. The number of halogens is 1. The molecule has 1 fully saturated rings. The summed E-state index contributed by atoms with van der Waals surface area (Å²) in [5, 5.41) is 3.26. The SMILES string of the molecule is Cc1ccc(C)c(C(=O)CCC(=O)N2CCNCC2c2cccc(F)c2)c1. The van der Waals surface area contributed by atoms with Crippen LogP contribution >= 0.6 is 0 Å². The van der Waals surface area contributed by atoms with E-state index in [-0.39, 0.29) is 36.4 Å². The molecular weight excluding hydrogens is 343 g/mol. The Hall–Kier alpha value is -2.53. The molecule has 0 spiro atoms. The predicted octanol–water partition coefficient (Wildman–Crippen LogP) is 3.58. The molecule has 2 aromatic rings. The maximum Gasteiger partial charge on any atom is 0.223 e. The summed E-state index contributed by atoms with van der Waals surface area (Å²) in [4.78, 5) is 27.1. The van der Waals surface area contributed by atoms with Crippen LogP contribution < -0.4 is 5.32 Å². The van der Waals surface area contributed by atoms with E-state index in [9.17, 15) is 14.0 Å². The first kappa shape index (κ1) is 19.2. The van der Waals surface area contributed by atoms with Gasteiger partial charge >= 0.3 is 0 Å². The second kappa shape index (κ2) is 8.44. The van der Waals surface area contributed by atoms with E-state index in [4.69, 9.17) is 0 Å². The number of carbonyl (C=O) groups excluding carboxylic acids is 2. The lowest BCUT2D eigenvalue weighted by Crippen LogP contribution is -2.48. The second-order valence-electron chi connectivity index (χ2n) is 7.10. The molecule has 1 aliphatic heterocycles. The highest BCUT2D eigenvalue weighted by Crippen LogP contribution is 2.24. The van der Waals surface area contributed by atoms with Crippen LogP contribution in [0.3, 0.4) is 0 Å². The molecule has 1 atom stereocenters. The quantitative estimate of drug-likeness (QED) is 0.821. The van der Waals surface area contributed by atoms with Crippen LogP contribution in [0.2, 0.25) is 0 Å². The summed E-state index contributed by atoms with van der Waals surface area (Å²) >= 11 is 0. The van der Waals surface area contributed by atoms with Crippen LogP contribution in [0.15, 0.2) is 42.5 Å². The number of piperazine rings is 1. The van der Waals surface area contributed by atoms with Gasteiger partial charge in [0.05, 0.1) is 6.04 Å². The van der Waals surface area contributed by atoms with Crippen molar-refractivity contribution in [3.63, 3.8) is 0 Å². The van der Waals surface area contributed by atoms with Gasteiger partial charge < -0.3 is 10.2 Å². The average Bonchev–Trinajstić information content (AvgIpc) is 2.67. The van der Waals surface area contributed by atoms with Gasteiger partial charge in [0.1, 0.15) is 5.82 Å². The standard InChI is InChI=1S/C22H25FN2O2/c1-15-6-7-16(2)19(12-15)21(26)8-9-22(27)25-11-10-24-14-20(25)17-4-3-5-18(23)13-17/h3-7,12-13,20,24H,8-11,14H2,1-2H3. The van der Waals surface area contributed by atoms with Crippen molar-refractivity contribution < 1.29 is 14.0 Å². The van der Waals surface area contributed by atoms with E-state index < -0.39 is 0 Å². The van der Waals surface area contributed by atoms with Gasteiger partial charge in [-0.25, -0.2) is 4.39 Å². The van der Waals surface area contributed by atoms with Crippen molar-refractivity contribution >= 4 is 11.7 Å². The van der Waals surface area contributed by atoms with Gasteiger partial charge in [-0.05, 0) is 43.2 Å². The van der Waals surface area contributed by atoms with E-state index in [1.165, 1.54) is 12.1 Å². The highest BCUT2D eigenvalue weighted by atomic mass is 19.1. The molecule has 0 radical (unpaired) electrons. The molecule has 4 nitrogen and oxygen atoms in total. The molecule has 0 saturated carbocycles. The van der Waals surface area contributed by atoms with E-state index in [0.29, 0.717) is 25.2 Å². The van der Waals surface area contributed by atoms with Gasteiger partial charge in [-0.3, -0.25) is 9.59 Å². The van der Waals surface area contributed by atoms with Gasteiger partial charge in [-0.15, -0.1) is 0 Å². The molecule has 27 heavy (non-hydrogen) atoms. The summed E-state index contributed by atoms with van der Waals surface area (Å²) in [6.07, 6.45) is 0.348. The third-order valence-corrected chi connectivity index (χ3v) is 5.06. The molecule has 0 aliphatic carbocycles. The fourth-order valence-corrected chi connectivity index (χ4v) is 3.55. The first-order chi connectivity index (χ1) is 13.0. The Kier molecular flexibility index (Phi) is 6.01. The lowest BCUT2D eigenvalue weighted by atomic mass is 9.98. The molecule has 142 valence electrons. The lowest BCUT2D eigenvalue weighted by molar-refractivity contribution is -0.134. The largest absolute Gasteiger partial charge is 0.333 e. The van der Waals surface area contributed by atoms with Crippen LogP contribution in [-0.4, -0.2) is 36.2 Å². The molecule has 1 saturated heterocycles. The number of carbonyl (C=O) groups is 2. The van der Waals surface area contributed by atoms with E-state index >= 15 is 0 Å². The number of nitrogens with zero attached hydrogens (tertiary/aromatic N) is 1. The Labute approximate surface area is 159 Å². The highest BCUT2D eigenvalue weighted by Gasteiger charge is 2.28. The topological polar surface area (TPSA) is 49.4 Å². The van der Waals surface area contributed by atoms with Gasteiger partial charge in [0.25, 0.3) is 0 Å². The normalized spacial score (nSPS) is 17.0. The van der Waals surface area contributed by atoms with Gasteiger partial charge in [0.2, 0.25) is 5.91 Å². The highest BCUT2D eigenvalue weighted by molar-refractivity contribution is 5.99. The maximum atomic E-state index is 13.6. The Balaban J connectivity index is 1.68. The second-order valence-corrected chi connectivity index (χ2v) is 7.10. The summed E-state index contributed by atoms with van der Waals surface area (Å²) in [5.41, 5.74) is 3.42. The lowest BCUT2D eigenvalue weighted by Gasteiger charge is -2.36. The van der Waals surface area contributed by atoms with Crippen LogP contribution in [0.25, 0.3) is 0 Å². The number of amides is 1. The third-order valence-electron chi connectivity index (χ3n) is 5.06. The zero-order chi connectivity index (χ0) is 19.4. The number of ketones is 1. The molecule has 1 aliphatic rings.